The summed E-state index contributed by atoms with van der Waals surface area (Å²) in [6.45, 7) is 3.86. The predicted octanol–water partition coefficient (Wildman–Crippen LogP) is 1.35. The van der Waals surface area contributed by atoms with Crippen LogP contribution in [0.4, 0.5) is 0 Å². The van der Waals surface area contributed by atoms with E-state index in [0.717, 1.165) is 5.56 Å². The lowest BCUT2D eigenvalue weighted by atomic mass is 9.94. The van der Waals surface area contributed by atoms with Gasteiger partial charge in [-0.1, -0.05) is 12.1 Å². The largest absolute Gasteiger partial charge is 0.287 e. The smallest absolute Gasteiger partial charge is 0.263 e. The number of nitrogens with one attached hydrogen (secondary N) is 2. The van der Waals surface area contributed by atoms with E-state index in [1.165, 1.54) is 0 Å². The molecule has 86 valence electrons. The van der Waals surface area contributed by atoms with E-state index in [1.54, 1.807) is 12.1 Å². The van der Waals surface area contributed by atoms with Crippen LogP contribution in [0.2, 0.25) is 0 Å². The fourth-order valence-corrected chi connectivity index (χ4v) is 1.70. The van der Waals surface area contributed by atoms with Crippen molar-refractivity contribution < 1.29 is 4.79 Å². The highest BCUT2D eigenvalue weighted by molar-refractivity contribution is 6.01. The number of amides is 1. The molecule has 1 aliphatic rings. The molecular formula is C13H13N3O. The van der Waals surface area contributed by atoms with E-state index in [9.17, 15) is 4.79 Å². The third-order valence-corrected chi connectivity index (χ3v) is 2.76. The fourth-order valence-electron chi connectivity index (χ4n) is 1.70. The van der Waals surface area contributed by atoms with Crippen molar-refractivity contribution in [2.45, 2.75) is 19.4 Å². The molecule has 2 N–H and O–H groups in total. The van der Waals surface area contributed by atoms with Gasteiger partial charge in [-0.25, -0.2) is 5.43 Å². The summed E-state index contributed by atoms with van der Waals surface area (Å²) in [4.78, 5) is 11.6. The van der Waals surface area contributed by atoms with Crippen molar-refractivity contribution in [3.05, 3.63) is 41.0 Å². The van der Waals surface area contributed by atoms with Crippen molar-refractivity contribution >= 4 is 12.0 Å². The van der Waals surface area contributed by atoms with Crippen LogP contribution in [0.25, 0.3) is 6.08 Å². The minimum Gasteiger partial charge on any atom is -0.287 e. The average Bonchev–Trinajstić information content (AvgIpc) is 2.57. The Morgan fingerprint density at radius 1 is 1.29 bits per heavy atom. The number of hydrazine groups is 1. The van der Waals surface area contributed by atoms with E-state index < -0.39 is 0 Å². The molecule has 0 bridgehead atoms. The molecule has 0 aliphatic carbocycles. The molecule has 4 heteroatoms. The Labute approximate surface area is 99.9 Å². The molecule has 1 amide bonds. The topological polar surface area (TPSA) is 64.9 Å². The minimum absolute atomic E-state index is 0.112. The van der Waals surface area contributed by atoms with Crippen LogP contribution in [0.3, 0.4) is 0 Å². The van der Waals surface area contributed by atoms with Gasteiger partial charge in [-0.2, -0.15) is 5.26 Å². The first kappa shape index (κ1) is 11.4. The van der Waals surface area contributed by atoms with E-state index in [-0.39, 0.29) is 11.4 Å². The molecule has 0 radical (unpaired) electrons. The first-order chi connectivity index (χ1) is 8.03. The normalized spacial score (nSPS) is 20.1. The monoisotopic (exact) mass is 227 g/mol. The third-order valence-electron chi connectivity index (χ3n) is 2.76. The van der Waals surface area contributed by atoms with E-state index in [0.29, 0.717) is 11.1 Å². The standard InChI is InChI=1S/C13H13N3O/c1-13(2)11(12(17)15-16-13)7-9-3-5-10(8-14)6-4-9/h3-7,16H,1-2H3,(H,15,17)/b11-7+. The SMILES string of the molecule is CC1(C)NNC(=O)/C1=C\c1ccc(C#N)cc1. The van der Waals surface area contributed by atoms with Gasteiger partial charge in [0.15, 0.2) is 0 Å². The lowest BCUT2D eigenvalue weighted by Gasteiger charge is -2.16. The van der Waals surface area contributed by atoms with Crippen molar-refractivity contribution in [3.63, 3.8) is 0 Å². The van der Waals surface area contributed by atoms with Gasteiger partial charge in [0.1, 0.15) is 0 Å². The molecule has 0 unspecified atom stereocenters. The summed E-state index contributed by atoms with van der Waals surface area (Å²) in [5.74, 6) is -0.112. The van der Waals surface area contributed by atoms with Crippen LogP contribution >= 0.6 is 0 Å². The Balaban J connectivity index is 2.35. The van der Waals surface area contributed by atoms with Crippen molar-refractivity contribution in [2.24, 2.45) is 0 Å². The lowest BCUT2D eigenvalue weighted by molar-refractivity contribution is -0.116. The molecule has 1 aliphatic heterocycles. The first-order valence-electron chi connectivity index (χ1n) is 5.33. The van der Waals surface area contributed by atoms with Crippen LogP contribution < -0.4 is 10.9 Å². The van der Waals surface area contributed by atoms with E-state index in [1.807, 2.05) is 32.1 Å². The molecule has 0 atom stereocenters. The maximum atomic E-state index is 11.6. The molecule has 1 aromatic carbocycles. The van der Waals surface area contributed by atoms with Gasteiger partial charge >= 0.3 is 0 Å². The number of carbonyl (C=O) groups excluding carboxylic acids is 1. The Bertz CT molecular complexity index is 521. The molecule has 1 aromatic rings. The number of hydrogen-bond acceptors (Lipinski definition) is 3. The number of nitriles is 1. The van der Waals surface area contributed by atoms with Gasteiger partial charge < -0.3 is 0 Å². The Kier molecular flexibility index (Phi) is 2.70. The molecular weight excluding hydrogens is 214 g/mol. The van der Waals surface area contributed by atoms with Gasteiger partial charge in [0.2, 0.25) is 0 Å². The zero-order chi connectivity index (χ0) is 12.5. The lowest BCUT2D eigenvalue weighted by Crippen LogP contribution is -2.38. The van der Waals surface area contributed by atoms with Gasteiger partial charge in [0.05, 0.1) is 17.2 Å². The van der Waals surface area contributed by atoms with Crippen LogP contribution in [0.15, 0.2) is 29.8 Å². The second-order valence-electron chi connectivity index (χ2n) is 4.50. The summed E-state index contributed by atoms with van der Waals surface area (Å²) in [6, 6.07) is 9.19. The molecule has 0 spiro atoms. The first-order valence-corrected chi connectivity index (χ1v) is 5.33. The van der Waals surface area contributed by atoms with Crippen LogP contribution in [0, 0.1) is 11.3 Å². The molecule has 2 rings (SSSR count). The number of nitrogens with zero attached hydrogens (tertiary/aromatic N) is 1. The third kappa shape index (κ3) is 2.19. The van der Waals surface area contributed by atoms with E-state index >= 15 is 0 Å². The number of rotatable bonds is 1. The maximum Gasteiger partial charge on any atom is 0.263 e. The summed E-state index contributed by atoms with van der Waals surface area (Å²) in [7, 11) is 0. The van der Waals surface area contributed by atoms with E-state index in [4.69, 9.17) is 5.26 Å². The second kappa shape index (κ2) is 4.04. The molecule has 4 nitrogen and oxygen atoms in total. The van der Waals surface area contributed by atoms with Gasteiger partial charge in [0.25, 0.3) is 5.91 Å². The highest BCUT2D eigenvalue weighted by Gasteiger charge is 2.34. The van der Waals surface area contributed by atoms with Crippen LogP contribution in [0.5, 0.6) is 0 Å². The maximum absolute atomic E-state index is 11.6. The Morgan fingerprint density at radius 3 is 2.41 bits per heavy atom. The second-order valence-corrected chi connectivity index (χ2v) is 4.50. The summed E-state index contributed by atoms with van der Waals surface area (Å²) >= 11 is 0. The minimum atomic E-state index is -0.384. The van der Waals surface area contributed by atoms with Crippen LogP contribution in [-0.4, -0.2) is 11.4 Å². The fraction of sp³-hybridized carbons (Fsp3) is 0.231. The average molecular weight is 227 g/mol. The Hall–Kier alpha value is -2.12. The summed E-state index contributed by atoms with van der Waals surface area (Å²) in [5, 5.41) is 8.70. The number of hydrogen-bond donors (Lipinski definition) is 2. The summed E-state index contributed by atoms with van der Waals surface area (Å²) in [5.41, 5.74) is 7.33. The van der Waals surface area contributed by atoms with Gasteiger partial charge in [0, 0.05) is 5.57 Å². The van der Waals surface area contributed by atoms with Gasteiger partial charge in [-0.15, -0.1) is 0 Å². The quantitative estimate of drug-likeness (QED) is 0.712. The summed E-state index contributed by atoms with van der Waals surface area (Å²) < 4.78 is 0. The zero-order valence-corrected chi connectivity index (χ0v) is 9.74. The highest BCUT2D eigenvalue weighted by atomic mass is 16.2. The molecule has 1 fully saturated rings. The van der Waals surface area contributed by atoms with Crippen LogP contribution in [-0.2, 0) is 4.79 Å². The molecule has 0 saturated carbocycles. The number of benzene rings is 1. The van der Waals surface area contributed by atoms with Crippen molar-refractivity contribution in [1.29, 1.82) is 5.26 Å². The summed E-state index contributed by atoms with van der Waals surface area (Å²) in [6.07, 6.45) is 1.83. The van der Waals surface area contributed by atoms with Crippen LogP contribution in [0.1, 0.15) is 25.0 Å². The van der Waals surface area contributed by atoms with Crippen molar-refractivity contribution in [1.82, 2.24) is 10.9 Å². The predicted molar refractivity (Wildman–Crippen MR) is 64.5 cm³/mol. The molecule has 0 aromatic heterocycles. The molecule has 1 heterocycles. The Morgan fingerprint density at radius 2 is 1.94 bits per heavy atom. The molecule has 17 heavy (non-hydrogen) atoms. The van der Waals surface area contributed by atoms with Gasteiger partial charge in [-0.05, 0) is 37.6 Å². The van der Waals surface area contributed by atoms with E-state index in [2.05, 4.69) is 16.9 Å². The zero-order valence-electron chi connectivity index (χ0n) is 9.74. The van der Waals surface area contributed by atoms with Crippen molar-refractivity contribution in [2.75, 3.05) is 0 Å². The van der Waals surface area contributed by atoms with Crippen molar-refractivity contribution in [3.8, 4) is 6.07 Å². The molecule has 1 saturated heterocycles. The highest BCUT2D eigenvalue weighted by Crippen LogP contribution is 2.22. The number of carbonyl (C=O) groups is 1. The van der Waals surface area contributed by atoms with Gasteiger partial charge in [-0.3, -0.25) is 10.2 Å².